The van der Waals surface area contributed by atoms with E-state index in [1.54, 1.807) is 0 Å². The number of hydrogen-bond donors (Lipinski definition) is 1. The van der Waals surface area contributed by atoms with Crippen LogP contribution in [0.15, 0.2) is 182 Å². The monoisotopic (exact) mass is 684 g/mol. The first-order valence-electron chi connectivity index (χ1n) is 18.2. The molecule has 1 aliphatic carbocycles. The molecule has 53 heavy (non-hydrogen) atoms. The summed E-state index contributed by atoms with van der Waals surface area (Å²) < 4.78 is 6.46. The number of rotatable bonds is 8. The zero-order valence-electron chi connectivity index (χ0n) is 30.0. The van der Waals surface area contributed by atoms with Crippen molar-refractivity contribution in [3.63, 3.8) is 0 Å². The van der Waals surface area contributed by atoms with Crippen LogP contribution in [-0.2, 0) is 12.0 Å². The van der Waals surface area contributed by atoms with E-state index in [1.807, 2.05) is 24.3 Å². The Hall–Kier alpha value is -6.58. The number of anilines is 4. The summed E-state index contributed by atoms with van der Waals surface area (Å²) in [6, 6.07) is 64.7. The van der Waals surface area contributed by atoms with Gasteiger partial charge in [0, 0.05) is 27.9 Å². The summed E-state index contributed by atoms with van der Waals surface area (Å²) in [7, 11) is 0. The molecule has 8 aromatic carbocycles. The first-order valence-corrected chi connectivity index (χ1v) is 18.2. The zero-order chi connectivity index (χ0) is 35.9. The average molecular weight is 685 g/mol. The van der Waals surface area contributed by atoms with Gasteiger partial charge < -0.3 is 15.4 Å². The molecule has 0 fully saturated rings. The summed E-state index contributed by atoms with van der Waals surface area (Å²) >= 11 is 0. The molecule has 3 nitrogen and oxygen atoms in total. The van der Waals surface area contributed by atoms with Crippen LogP contribution in [0, 0.1) is 0 Å². The number of ether oxygens (including phenoxy) is 1. The van der Waals surface area contributed by atoms with Crippen molar-refractivity contribution >= 4 is 33.5 Å². The molecule has 0 heterocycles. The quantitative estimate of drug-likeness (QED) is 0.162. The predicted molar refractivity (Wildman–Crippen MR) is 222 cm³/mol. The molecule has 0 saturated carbocycles. The number of hydrogen-bond acceptors (Lipinski definition) is 3. The summed E-state index contributed by atoms with van der Waals surface area (Å²) in [5.41, 5.74) is 21.5. The fourth-order valence-corrected chi connectivity index (χ4v) is 8.01. The minimum Gasteiger partial charge on any atom is -0.486 e. The maximum Gasteiger partial charge on any atom is 0.151 e. The van der Waals surface area contributed by atoms with E-state index in [4.69, 9.17) is 10.5 Å². The minimum atomic E-state index is -0.0558. The van der Waals surface area contributed by atoms with Crippen molar-refractivity contribution in [2.24, 2.45) is 0 Å². The van der Waals surface area contributed by atoms with Crippen LogP contribution in [0.3, 0.4) is 0 Å². The van der Waals surface area contributed by atoms with E-state index in [9.17, 15) is 0 Å². The maximum atomic E-state index is 6.59. The van der Waals surface area contributed by atoms with Gasteiger partial charge in [0.05, 0.1) is 5.69 Å². The number of benzene rings is 8. The summed E-state index contributed by atoms with van der Waals surface area (Å²) in [5.74, 6) is 0.715. The van der Waals surface area contributed by atoms with E-state index in [2.05, 4.69) is 176 Å². The molecule has 0 bridgehead atoms. The Labute approximate surface area is 311 Å². The van der Waals surface area contributed by atoms with Crippen LogP contribution < -0.4 is 15.4 Å². The van der Waals surface area contributed by atoms with Crippen molar-refractivity contribution in [2.45, 2.75) is 25.9 Å². The highest BCUT2D eigenvalue weighted by Crippen LogP contribution is 2.51. The summed E-state index contributed by atoms with van der Waals surface area (Å²) in [4.78, 5) is 2.36. The van der Waals surface area contributed by atoms with Gasteiger partial charge in [0.2, 0.25) is 0 Å². The number of nitrogens with zero attached hydrogens (tertiary/aromatic N) is 1. The third kappa shape index (κ3) is 5.81. The molecule has 1 aliphatic rings. The molecule has 0 atom stereocenters. The van der Waals surface area contributed by atoms with E-state index in [-0.39, 0.29) is 5.41 Å². The molecule has 9 rings (SSSR count). The first-order chi connectivity index (χ1) is 26.0. The fourth-order valence-electron chi connectivity index (χ4n) is 8.01. The summed E-state index contributed by atoms with van der Waals surface area (Å²) in [5, 5.41) is 2.11. The topological polar surface area (TPSA) is 38.5 Å². The lowest BCUT2D eigenvalue weighted by atomic mass is 9.82. The summed E-state index contributed by atoms with van der Waals surface area (Å²) in [6.07, 6.45) is 0. The Morgan fingerprint density at radius 2 is 1.08 bits per heavy atom. The first kappa shape index (κ1) is 32.3. The van der Waals surface area contributed by atoms with Crippen LogP contribution in [-0.4, -0.2) is 0 Å². The van der Waals surface area contributed by atoms with Gasteiger partial charge in [0.15, 0.2) is 5.75 Å². The molecule has 256 valence electrons. The van der Waals surface area contributed by atoms with Gasteiger partial charge in [-0.25, -0.2) is 0 Å². The van der Waals surface area contributed by atoms with Crippen molar-refractivity contribution in [2.75, 3.05) is 10.6 Å². The highest BCUT2D eigenvalue weighted by Gasteiger charge is 2.35. The molecular formula is C50H40N2O. The standard InChI is InChI=1S/C50H40N2O/c1-50(2)45-19-10-9-17-43(45)44-32-41(29-30-46(44)50)52(39-25-20-36(21-26-39)35-14-7-4-8-15-35)40-27-22-37(23-28-40)42-18-11-16-38-24-31-47(51)49(48(38)42)53-33-34-12-5-3-6-13-34/h3-32H,33,51H2,1-2H3. The SMILES string of the molecule is CC1(C)c2ccccc2-c2cc(N(c3ccc(-c4ccccc4)cc3)c3ccc(-c4cccc5ccc(N)c(OCc6ccccc6)c45)cc3)ccc21. The van der Waals surface area contributed by atoms with Gasteiger partial charge in [-0.15, -0.1) is 0 Å². The Morgan fingerprint density at radius 1 is 0.491 bits per heavy atom. The Kier molecular flexibility index (Phi) is 8.05. The molecule has 0 aliphatic heterocycles. The van der Waals surface area contributed by atoms with Gasteiger partial charge in [-0.3, -0.25) is 0 Å². The van der Waals surface area contributed by atoms with Crippen molar-refractivity contribution in [3.05, 3.63) is 199 Å². The molecule has 0 unspecified atom stereocenters. The second-order valence-corrected chi connectivity index (χ2v) is 14.4. The maximum absolute atomic E-state index is 6.59. The lowest BCUT2D eigenvalue weighted by Crippen LogP contribution is -2.15. The number of nitrogens with two attached hydrogens (primary N) is 1. The van der Waals surface area contributed by atoms with E-state index < -0.39 is 0 Å². The molecule has 0 aromatic heterocycles. The predicted octanol–water partition coefficient (Wildman–Crippen LogP) is 13.1. The molecule has 0 radical (unpaired) electrons. The third-order valence-corrected chi connectivity index (χ3v) is 10.7. The van der Waals surface area contributed by atoms with E-state index in [1.165, 1.54) is 33.4 Å². The van der Waals surface area contributed by atoms with E-state index in [0.29, 0.717) is 18.0 Å². The smallest absolute Gasteiger partial charge is 0.151 e. The molecule has 0 spiro atoms. The second kappa shape index (κ2) is 13.2. The Balaban J connectivity index is 1.14. The number of nitrogen functional groups attached to an aromatic ring is 1. The van der Waals surface area contributed by atoms with Crippen LogP contribution in [0.5, 0.6) is 5.75 Å². The highest BCUT2D eigenvalue weighted by atomic mass is 16.5. The van der Waals surface area contributed by atoms with Crippen LogP contribution in [0.1, 0.15) is 30.5 Å². The molecule has 3 heteroatoms. The number of fused-ring (bicyclic) bond motifs is 4. The molecule has 2 N–H and O–H groups in total. The van der Waals surface area contributed by atoms with Gasteiger partial charge in [0.25, 0.3) is 0 Å². The van der Waals surface area contributed by atoms with Gasteiger partial charge in [0.1, 0.15) is 6.61 Å². The van der Waals surface area contributed by atoms with Gasteiger partial charge >= 0.3 is 0 Å². The van der Waals surface area contributed by atoms with Crippen molar-refractivity contribution in [3.8, 4) is 39.1 Å². The van der Waals surface area contributed by atoms with Crippen LogP contribution in [0.25, 0.3) is 44.2 Å². The van der Waals surface area contributed by atoms with Crippen molar-refractivity contribution in [1.82, 2.24) is 0 Å². The lowest BCUT2D eigenvalue weighted by Gasteiger charge is -2.27. The van der Waals surface area contributed by atoms with E-state index in [0.717, 1.165) is 44.5 Å². The van der Waals surface area contributed by atoms with Crippen molar-refractivity contribution in [1.29, 1.82) is 0 Å². The summed E-state index contributed by atoms with van der Waals surface area (Å²) in [6.45, 7) is 5.10. The Bertz CT molecular complexity index is 2570. The average Bonchev–Trinajstić information content (AvgIpc) is 3.44. The van der Waals surface area contributed by atoms with Crippen LogP contribution >= 0.6 is 0 Å². The van der Waals surface area contributed by atoms with Crippen LogP contribution in [0.2, 0.25) is 0 Å². The van der Waals surface area contributed by atoms with E-state index >= 15 is 0 Å². The molecule has 0 amide bonds. The highest BCUT2D eigenvalue weighted by molar-refractivity contribution is 6.04. The largest absolute Gasteiger partial charge is 0.486 e. The Morgan fingerprint density at radius 3 is 1.81 bits per heavy atom. The van der Waals surface area contributed by atoms with Crippen LogP contribution in [0.4, 0.5) is 22.7 Å². The lowest BCUT2D eigenvalue weighted by molar-refractivity contribution is 0.312. The fraction of sp³-hybridized carbons (Fsp3) is 0.0800. The normalized spacial score (nSPS) is 12.6. The van der Waals surface area contributed by atoms with Gasteiger partial charge in [-0.1, -0.05) is 153 Å². The second-order valence-electron chi connectivity index (χ2n) is 14.4. The van der Waals surface area contributed by atoms with Crippen molar-refractivity contribution < 1.29 is 4.74 Å². The zero-order valence-corrected chi connectivity index (χ0v) is 30.0. The molecule has 8 aromatic rings. The third-order valence-electron chi connectivity index (χ3n) is 10.7. The van der Waals surface area contributed by atoms with Gasteiger partial charge in [-0.2, -0.15) is 0 Å². The molecule has 0 saturated heterocycles. The minimum absolute atomic E-state index is 0.0558. The molecular weight excluding hydrogens is 645 g/mol. The van der Waals surface area contributed by atoms with Gasteiger partial charge in [-0.05, 0) is 97.9 Å².